The first-order valence-electron chi connectivity index (χ1n) is 7.18. The van der Waals surface area contributed by atoms with Crippen molar-refractivity contribution in [2.75, 3.05) is 6.61 Å². The SMILES string of the molecule is CC(C)(C)[Si](C)(C)OCCC/C=C\c1ccccc1. The van der Waals surface area contributed by atoms with Crippen LogP contribution in [-0.2, 0) is 4.43 Å². The minimum atomic E-state index is -1.55. The molecule has 0 spiro atoms. The lowest BCUT2D eigenvalue weighted by Crippen LogP contribution is -2.40. The fourth-order valence-electron chi connectivity index (χ4n) is 1.53. The number of allylic oxidation sites excluding steroid dienone is 1. The molecule has 19 heavy (non-hydrogen) atoms. The monoisotopic (exact) mass is 276 g/mol. The Morgan fingerprint density at radius 3 is 2.32 bits per heavy atom. The molecule has 0 aliphatic carbocycles. The standard InChI is InChI=1S/C17H28OSi/c1-17(2,3)19(4,5)18-15-11-7-10-14-16-12-8-6-9-13-16/h6,8-10,12-14H,7,11,15H2,1-5H3/b14-10-. The number of unbranched alkanes of at least 4 members (excludes halogenated alkanes) is 1. The van der Waals surface area contributed by atoms with E-state index in [4.69, 9.17) is 4.43 Å². The Hall–Kier alpha value is -0.863. The smallest absolute Gasteiger partial charge is 0.191 e. The van der Waals surface area contributed by atoms with Crippen molar-refractivity contribution < 1.29 is 4.43 Å². The van der Waals surface area contributed by atoms with Crippen LogP contribution in [0.3, 0.4) is 0 Å². The van der Waals surface area contributed by atoms with Gasteiger partial charge in [0.1, 0.15) is 0 Å². The Kier molecular flexibility index (Phi) is 6.02. The number of hydrogen-bond acceptors (Lipinski definition) is 1. The Morgan fingerprint density at radius 1 is 1.11 bits per heavy atom. The normalized spacial score (nSPS) is 13.1. The largest absolute Gasteiger partial charge is 0.417 e. The van der Waals surface area contributed by atoms with Gasteiger partial charge in [-0.25, -0.2) is 0 Å². The molecule has 0 aromatic heterocycles. The lowest BCUT2D eigenvalue weighted by atomic mass is 10.2. The third-order valence-corrected chi connectivity index (χ3v) is 8.43. The van der Waals surface area contributed by atoms with Gasteiger partial charge in [0.25, 0.3) is 0 Å². The molecule has 0 amide bonds. The summed E-state index contributed by atoms with van der Waals surface area (Å²) in [5, 5.41) is 0.312. The van der Waals surface area contributed by atoms with Gasteiger partial charge >= 0.3 is 0 Å². The van der Waals surface area contributed by atoms with Crippen LogP contribution in [-0.4, -0.2) is 14.9 Å². The highest BCUT2D eigenvalue weighted by Crippen LogP contribution is 2.36. The van der Waals surface area contributed by atoms with Gasteiger partial charge in [-0.05, 0) is 36.5 Å². The molecule has 0 N–H and O–H groups in total. The molecule has 1 aromatic rings. The Morgan fingerprint density at radius 2 is 1.74 bits per heavy atom. The quantitative estimate of drug-likeness (QED) is 0.492. The summed E-state index contributed by atoms with van der Waals surface area (Å²) in [6.07, 6.45) is 6.62. The van der Waals surface area contributed by atoms with Crippen LogP contribution in [0.25, 0.3) is 6.08 Å². The maximum Gasteiger partial charge on any atom is 0.191 e. The van der Waals surface area contributed by atoms with Gasteiger partial charge < -0.3 is 4.43 Å². The summed E-state index contributed by atoms with van der Waals surface area (Å²) in [7, 11) is -1.55. The zero-order valence-electron chi connectivity index (χ0n) is 13.1. The molecule has 2 heteroatoms. The molecule has 106 valence electrons. The maximum absolute atomic E-state index is 6.15. The van der Waals surface area contributed by atoms with Crippen molar-refractivity contribution in [2.45, 2.75) is 51.7 Å². The molecule has 1 nitrogen and oxygen atoms in total. The Labute approximate surface area is 119 Å². The minimum Gasteiger partial charge on any atom is -0.417 e. The first-order chi connectivity index (χ1) is 8.83. The molecular weight excluding hydrogens is 248 g/mol. The summed E-state index contributed by atoms with van der Waals surface area (Å²) < 4.78 is 6.15. The number of hydrogen-bond donors (Lipinski definition) is 0. The molecule has 0 saturated heterocycles. The van der Waals surface area contributed by atoms with Crippen LogP contribution in [0.4, 0.5) is 0 Å². The van der Waals surface area contributed by atoms with Crippen LogP contribution in [0.2, 0.25) is 18.1 Å². The second kappa shape index (κ2) is 7.06. The molecule has 0 aliphatic heterocycles. The lowest BCUT2D eigenvalue weighted by Gasteiger charge is -2.36. The van der Waals surface area contributed by atoms with Crippen molar-refractivity contribution in [3.8, 4) is 0 Å². The van der Waals surface area contributed by atoms with Gasteiger partial charge in [-0.1, -0.05) is 63.3 Å². The topological polar surface area (TPSA) is 9.23 Å². The first kappa shape index (κ1) is 16.2. The molecular formula is C17H28OSi. The molecule has 0 atom stereocenters. The van der Waals surface area contributed by atoms with Crippen molar-refractivity contribution in [1.29, 1.82) is 0 Å². The van der Waals surface area contributed by atoms with E-state index >= 15 is 0 Å². The highest BCUT2D eigenvalue weighted by atomic mass is 28.4. The number of rotatable bonds is 6. The summed E-state index contributed by atoms with van der Waals surface area (Å²) in [4.78, 5) is 0. The van der Waals surface area contributed by atoms with Gasteiger partial charge in [-0.3, -0.25) is 0 Å². The van der Waals surface area contributed by atoms with Crippen molar-refractivity contribution in [2.24, 2.45) is 0 Å². The van der Waals surface area contributed by atoms with Crippen LogP contribution in [0.5, 0.6) is 0 Å². The van der Waals surface area contributed by atoms with Crippen LogP contribution in [0.1, 0.15) is 39.2 Å². The Bertz CT molecular complexity index is 387. The van der Waals surface area contributed by atoms with E-state index in [1.807, 2.05) is 6.07 Å². The van der Waals surface area contributed by atoms with Crippen LogP contribution in [0, 0.1) is 0 Å². The second-order valence-corrected chi connectivity index (χ2v) is 11.4. The average Bonchev–Trinajstić information content (AvgIpc) is 2.33. The zero-order chi connectivity index (χ0) is 14.4. The molecule has 1 rings (SSSR count). The van der Waals surface area contributed by atoms with E-state index in [-0.39, 0.29) is 0 Å². The van der Waals surface area contributed by atoms with E-state index in [2.05, 4.69) is 70.3 Å². The predicted molar refractivity (Wildman–Crippen MR) is 87.9 cm³/mol. The third kappa shape index (κ3) is 5.75. The minimum absolute atomic E-state index is 0.312. The summed E-state index contributed by atoms with van der Waals surface area (Å²) in [5.41, 5.74) is 1.27. The second-order valence-electron chi connectivity index (χ2n) is 6.56. The van der Waals surface area contributed by atoms with Gasteiger partial charge in [0, 0.05) is 6.61 Å². The first-order valence-corrected chi connectivity index (χ1v) is 10.1. The van der Waals surface area contributed by atoms with Gasteiger partial charge in [-0.15, -0.1) is 0 Å². The highest BCUT2D eigenvalue weighted by Gasteiger charge is 2.36. The summed E-state index contributed by atoms with van der Waals surface area (Å²) in [6.45, 7) is 12.4. The molecule has 0 aliphatic rings. The molecule has 0 unspecified atom stereocenters. The van der Waals surface area contributed by atoms with E-state index in [9.17, 15) is 0 Å². The van der Waals surface area contributed by atoms with Crippen molar-refractivity contribution in [1.82, 2.24) is 0 Å². The fourth-order valence-corrected chi connectivity index (χ4v) is 2.62. The Balaban J connectivity index is 2.24. The summed E-state index contributed by atoms with van der Waals surface area (Å²) >= 11 is 0. The van der Waals surface area contributed by atoms with Crippen molar-refractivity contribution in [3.63, 3.8) is 0 Å². The van der Waals surface area contributed by atoms with E-state index in [0.717, 1.165) is 19.4 Å². The fraction of sp³-hybridized carbons (Fsp3) is 0.529. The summed E-state index contributed by atoms with van der Waals surface area (Å²) in [6, 6.07) is 10.4. The van der Waals surface area contributed by atoms with Crippen LogP contribution >= 0.6 is 0 Å². The third-order valence-electron chi connectivity index (χ3n) is 3.89. The maximum atomic E-state index is 6.15. The van der Waals surface area contributed by atoms with Crippen molar-refractivity contribution in [3.05, 3.63) is 42.0 Å². The lowest BCUT2D eigenvalue weighted by molar-refractivity contribution is 0.283. The average molecular weight is 276 g/mol. The molecule has 0 radical (unpaired) electrons. The summed E-state index contributed by atoms with van der Waals surface area (Å²) in [5.74, 6) is 0. The molecule has 0 saturated carbocycles. The number of benzene rings is 1. The van der Waals surface area contributed by atoms with Gasteiger partial charge in [-0.2, -0.15) is 0 Å². The highest BCUT2D eigenvalue weighted by molar-refractivity contribution is 6.74. The van der Waals surface area contributed by atoms with E-state index in [1.165, 1.54) is 5.56 Å². The van der Waals surface area contributed by atoms with Gasteiger partial charge in [0.2, 0.25) is 0 Å². The van der Waals surface area contributed by atoms with Crippen LogP contribution in [0.15, 0.2) is 36.4 Å². The van der Waals surface area contributed by atoms with E-state index in [1.54, 1.807) is 0 Å². The van der Waals surface area contributed by atoms with E-state index < -0.39 is 8.32 Å². The van der Waals surface area contributed by atoms with E-state index in [0.29, 0.717) is 5.04 Å². The van der Waals surface area contributed by atoms with Crippen molar-refractivity contribution >= 4 is 14.4 Å². The van der Waals surface area contributed by atoms with Crippen LogP contribution < -0.4 is 0 Å². The molecule has 0 heterocycles. The predicted octanol–water partition coefficient (Wildman–Crippen LogP) is 5.50. The zero-order valence-corrected chi connectivity index (χ0v) is 14.1. The molecule has 0 bridgehead atoms. The van der Waals surface area contributed by atoms with Gasteiger partial charge in [0.05, 0.1) is 0 Å². The molecule has 1 aromatic carbocycles. The van der Waals surface area contributed by atoms with Gasteiger partial charge in [0.15, 0.2) is 8.32 Å². The molecule has 0 fully saturated rings.